The van der Waals surface area contributed by atoms with E-state index >= 15 is 4.39 Å². The highest BCUT2D eigenvalue weighted by molar-refractivity contribution is 7.89. The molecule has 13 heteroatoms. The molecule has 1 saturated carbocycles. The Kier molecular flexibility index (Phi) is 9.28. The summed E-state index contributed by atoms with van der Waals surface area (Å²) in [5.41, 5.74) is -3.03. The molecule has 4 rings (SSSR count). The van der Waals surface area contributed by atoms with Crippen LogP contribution in [-0.2, 0) is 27.4 Å². The molecule has 0 unspecified atom stereocenters. The second kappa shape index (κ2) is 12.0. The number of sulfonamides is 1. The first-order valence-corrected chi connectivity index (χ1v) is 15.8. The van der Waals surface area contributed by atoms with Gasteiger partial charge >= 0.3 is 6.18 Å². The number of ether oxygens (including phenoxy) is 1. The van der Waals surface area contributed by atoms with E-state index in [1.54, 1.807) is 0 Å². The Balaban J connectivity index is 1.79. The van der Waals surface area contributed by atoms with Crippen LogP contribution in [0.5, 0.6) is 0 Å². The number of carbonyl (C=O) groups is 1. The zero-order chi connectivity index (χ0) is 29.3. The lowest BCUT2D eigenvalue weighted by Gasteiger charge is -2.23. The molecule has 1 aromatic carbocycles. The Morgan fingerprint density at radius 2 is 1.73 bits per heavy atom. The van der Waals surface area contributed by atoms with Crippen molar-refractivity contribution in [2.45, 2.75) is 94.8 Å². The van der Waals surface area contributed by atoms with Crippen molar-refractivity contribution in [1.82, 2.24) is 15.0 Å². The van der Waals surface area contributed by atoms with Crippen LogP contribution >= 0.6 is 11.3 Å². The van der Waals surface area contributed by atoms with E-state index in [1.165, 1.54) is 20.8 Å². The number of benzene rings is 1. The molecule has 0 radical (unpaired) electrons. The van der Waals surface area contributed by atoms with E-state index in [-0.39, 0.29) is 21.8 Å². The third-order valence-electron chi connectivity index (χ3n) is 7.02. The number of thiazole rings is 1. The van der Waals surface area contributed by atoms with Gasteiger partial charge in [0.2, 0.25) is 10.0 Å². The average molecular weight is 606 g/mol. The first-order valence-electron chi connectivity index (χ1n) is 13.5. The Bertz CT molecular complexity index is 1320. The van der Waals surface area contributed by atoms with Gasteiger partial charge in [0.15, 0.2) is 5.01 Å². The SMILES string of the molecule is CC(C)(C)NS(=O)(=O)c1ccc(-c2sc(C(=O)NC3CCOCC3)nc2CC2CCCCC2)c(F)c1C(F)(F)F. The lowest BCUT2D eigenvalue weighted by molar-refractivity contribution is -0.142. The van der Waals surface area contributed by atoms with Crippen LogP contribution in [-0.4, -0.2) is 44.1 Å². The number of nitrogens with one attached hydrogen (secondary N) is 2. The quantitative estimate of drug-likeness (QED) is 0.373. The van der Waals surface area contributed by atoms with Crippen LogP contribution in [0.15, 0.2) is 17.0 Å². The largest absolute Gasteiger partial charge is 0.420 e. The van der Waals surface area contributed by atoms with Gasteiger partial charge in [-0.2, -0.15) is 13.2 Å². The van der Waals surface area contributed by atoms with Crippen molar-refractivity contribution < 1.29 is 35.5 Å². The number of carbonyl (C=O) groups excluding carboxylic acids is 1. The van der Waals surface area contributed by atoms with Crippen molar-refractivity contribution in [1.29, 1.82) is 0 Å². The van der Waals surface area contributed by atoms with Crippen molar-refractivity contribution in [3.8, 4) is 10.4 Å². The molecule has 1 aromatic heterocycles. The molecule has 0 bridgehead atoms. The molecular formula is C27H35F4N3O4S2. The number of amides is 1. The molecule has 222 valence electrons. The topological polar surface area (TPSA) is 97.4 Å². The number of nitrogens with zero attached hydrogens (tertiary/aromatic N) is 1. The van der Waals surface area contributed by atoms with Crippen LogP contribution in [0.4, 0.5) is 17.6 Å². The van der Waals surface area contributed by atoms with E-state index in [2.05, 4.69) is 15.0 Å². The van der Waals surface area contributed by atoms with Gasteiger partial charge in [0.05, 0.1) is 15.5 Å². The summed E-state index contributed by atoms with van der Waals surface area (Å²) >= 11 is 0.828. The third-order valence-corrected chi connectivity index (χ3v) is 9.95. The number of rotatable bonds is 7. The molecule has 1 amide bonds. The Morgan fingerprint density at radius 3 is 2.33 bits per heavy atom. The standard InChI is InChI=1S/C27H35F4N3O4S2/c1-26(2,3)34-40(36,37)20-10-9-18(22(28)21(20)27(29,30)31)23-19(15-16-7-5-4-6-8-16)33-25(39-23)24(35)32-17-11-13-38-14-12-17/h9-10,16-17,34H,4-8,11-15H2,1-3H3,(H,32,35). The molecule has 1 aliphatic carbocycles. The summed E-state index contributed by atoms with van der Waals surface area (Å²) in [6.07, 6.45) is 1.30. The highest BCUT2D eigenvalue weighted by Gasteiger charge is 2.43. The van der Waals surface area contributed by atoms with Gasteiger partial charge in [0.1, 0.15) is 11.4 Å². The van der Waals surface area contributed by atoms with Crippen molar-refractivity contribution in [2.75, 3.05) is 13.2 Å². The van der Waals surface area contributed by atoms with E-state index in [9.17, 15) is 26.4 Å². The highest BCUT2D eigenvalue weighted by Crippen LogP contribution is 2.43. The smallest absolute Gasteiger partial charge is 0.381 e. The second-order valence-electron chi connectivity index (χ2n) is 11.5. The molecule has 2 fully saturated rings. The molecule has 2 aromatic rings. The first-order chi connectivity index (χ1) is 18.7. The zero-order valence-electron chi connectivity index (χ0n) is 22.8. The van der Waals surface area contributed by atoms with Crippen LogP contribution in [0.1, 0.15) is 86.8 Å². The van der Waals surface area contributed by atoms with Crippen LogP contribution < -0.4 is 10.0 Å². The molecule has 40 heavy (non-hydrogen) atoms. The molecule has 1 saturated heterocycles. The molecule has 2 heterocycles. The van der Waals surface area contributed by atoms with Gasteiger partial charge in [0.25, 0.3) is 5.91 Å². The van der Waals surface area contributed by atoms with E-state index in [1.807, 2.05) is 0 Å². The summed E-state index contributed by atoms with van der Waals surface area (Å²) in [4.78, 5) is 16.5. The highest BCUT2D eigenvalue weighted by atomic mass is 32.2. The van der Waals surface area contributed by atoms with Crippen LogP contribution in [0.2, 0.25) is 0 Å². The fraction of sp³-hybridized carbons (Fsp3) is 0.630. The van der Waals surface area contributed by atoms with Gasteiger partial charge in [-0.15, -0.1) is 11.3 Å². The van der Waals surface area contributed by atoms with E-state index in [4.69, 9.17) is 4.74 Å². The summed E-state index contributed by atoms with van der Waals surface area (Å²) < 4.78 is 91.8. The number of halogens is 4. The fourth-order valence-electron chi connectivity index (χ4n) is 5.23. The average Bonchev–Trinajstić information content (AvgIpc) is 3.26. The molecule has 2 N–H and O–H groups in total. The Hall–Kier alpha value is -2.09. The summed E-state index contributed by atoms with van der Waals surface area (Å²) in [6, 6.07) is 1.70. The second-order valence-corrected chi connectivity index (χ2v) is 14.2. The van der Waals surface area contributed by atoms with Crippen LogP contribution in [0, 0.1) is 11.7 Å². The maximum atomic E-state index is 15.9. The number of hydrogen-bond acceptors (Lipinski definition) is 6. The zero-order valence-corrected chi connectivity index (χ0v) is 24.4. The monoisotopic (exact) mass is 605 g/mol. The minimum absolute atomic E-state index is 0.0337. The fourth-order valence-corrected chi connectivity index (χ4v) is 7.88. The van der Waals surface area contributed by atoms with Crippen molar-refractivity contribution in [2.24, 2.45) is 5.92 Å². The molecule has 0 atom stereocenters. The van der Waals surface area contributed by atoms with Gasteiger partial charge in [-0.3, -0.25) is 4.79 Å². The minimum Gasteiger partial charge on any atom is -0.381 e. The Labute approximate surface area is 236 Å². The lowest BCUT2D eigenvalue weighted by atomic mass is 9.85. The van der Waals surface area contributed by atoms with E-state index < -0.39 is 49.5 Å². The lowest BCUT2D eigenvalue weighted by Crippen LogP contribution is -2.41. The third kappa shape index (κ3) is 7.40. The molecule has 0 spiro atoms. The summed E-state index contributed by atoms with van der Waals surface area (Å²) in [5, 5.41) is 2.93. The predicted octanol–water partition coefficient (Wildman–Crippen LogP) is 6.08. The molecule has 2 aliphatic rings. The molecular weight excluding hydrogens is 570 g/mol. The van der Waals surface area contributed by atoms with Crippen molar-refractivity contribution >= 4 is 27.3 Å². The number of hydrogen-bond donors (Lipinski definition) is 2. The van der Waals surface area contributed by atoms with Gasteiger partial charge in [0, 0.05) is 30.4 Å². The first kappa shape index (κ1) is 30.9. The maximum Gasteiger partial charge on any atom is 0.420 e. The van der Waals surface area contributed by atoms with Gasteiger partial charge < -0.3 is 10.1 Å². The van der Waals surface area contributed by atoms with Gasteiger partial charge in [-0.1, -0.05) is 32.1 Å². The number of aromatic nitrogens is 1. The predicted molar refractivity (Wildman–Crippen MR) is 144 cm³/mol. The molecule has 7 nitrogen and oxygen atoms in total. The summed E-state index contributed by atoms with van der Waals surface area (Å²) in [7, 11) is -4.71. The summed E-state index contributed by atoms with van der Waals surface area (Å²) in [5.74, 6) is -1.96. The van der Waals surface area contributed by atoms with Gasteiger partial charge in [-0.05, 0) is 58.1 Å². The minimum atomic E-state index is -5.29. The van der Waals surface area contributed by atoms with Crippen LogP contribution in [0.3, 0.4) is 0 Å². The maximum absolute atomic E-state index is 15.9. The Morgan fingerprint density at radius 1 is 1.07 bits per heavy atom. The van der Waals surface area contributed by atoms with E-state index in [0.717, 1.165) is 55.6 Å². The van der Waals surface area contributed by atoms with Crippen LogP contribution in [0.25, 0.3) is 10.4 Å². The number of alkyl halides is 3. The van der Waals surface area contributed by atoms with Crippen molar-refractivity contribution in [3.63, 3.8) is 0 Å². The normalized spacial score (nSPS) is 18.2. The van der Waals surface area contributed by atoms with Gasteiger partial charge in [-0.25, -0.2) is 22.5 Å². The van der Waals surface area contributed by atoms with E-state index in [0.29, 0.717) is 38.2 Å². The summed E-state index contributed by atoms with van der Waals surface area (Å²) in [6.45, 7) is 5.44. The van der Waals surface area contributed by atoms with Crippen molar-refractivity contribution in [3.05, 3.63) is 34.2 Å². The molecule has 1 aliphatic heterocycles.